The van der Waals surface area contributed by atoms with E-state index in [-0.39, 0.29) is 6.04 Å². The summed E-state index contributed by atoms with van der Waals surface area (Å²) in [5.41, 5.74) is 8.58. The molecule has 17 heavy (non-hydrogen) atoms. The van der Waals surface area contributed by atoms with Crippen molar-refractivity contribution in [1.29, 1.82) is 0 Å². The molecule has 2 atom stereocenters. The molecule has 96 valence electrons. The first-order valence-electron chi connectivity index (χ1n) is 6.44. The molecule has 2 N–H and O–H groups in total. The average molecular weight is 252 g/mol. The lowest BCUT2D eigenvalue weighted by Crippen LogP contribution is -2.31. The SMILES string of the molecule is CCCC(N)C(CC)Sc1cc(C)cc(C)n1. The molecule has 0 aliphatic rings. The van der Waals surface area contributed by atoms with Crippen molar-refractivity contribution in [2.45, 2.75) is 63.3 Å². The molecule has 0 spiro atoms. The van der Waals surface area contributed by atoms with Crippen molar-refractivity contribution in [3.8, 4) is 0 Å². The summed E-state index contributed by atoms with van der Waals surface area (Å²) >= 11 is 1.83. The summed E-state index contributed by atoms with van der Waals surface area (Å²) in [6.45, 7) is 8.55. The number of hydrogen-bond acceptors (Lipinski definition) is 3. The summed E-state index contributed by atoms with van der Waals surface area (Å²) in [7, 11) is 0. The molecule has 1 heterocycles. The van der Waals surface area contributed by atoms with Crippen molar-refractivity contribution in [2.75, 3.05) is 0 Å². The molecule has 0 aliphatic carbocycles. The van der Waals surface area contributed by atoms with Gasteiger partial charge < -0.3 is 5.73 Å². The molecule has 0 radical (unpaired) electrons. The summed E-state index contributed by atoms with van der Waals surface area (Å²) in [5.74, 6) is 0. The van der Waals surface area contributed by atoms with Crippen LogP contribution in [-0.4, -0.2) is 16.3 Å². The highest BCUT2D eigenvalue weighted by atomic mass is 32.2. The third kappa shape index (κ3) is 4.68. The number of pyridine rings is 1. The molecule has 0 saturated carbocycles. The van der Waals surface area contributed by atoms with Gasteiger partial charge in [-0.05, 0) is 44.4 Å². The smallest absolute Gasteiger partial charge is 0.0968 e. The summed E-state index contributed by atoms with van der Waals surface area (Å²) in [4.78, 5) is 4.57. The Hall–Kier alpha value is -0.540. The van der Waals surface area contributed by atoms with Gasteiger partial charge in [0.1, 0.15) is 0 Å². The van der Waals surface area contributed by atoms with Gasteiger partial charge in [-0.1, -0.05) is 20.3 Å². The van der Waals surface area contributed by atoms with Gasteiger partial charge in [-0.3, -0.25) is 0 Å². The normalized spacial score (nSPS) is 14.6. The van der Waals surface area contributed by atoms with Crippen LogP contribution in [0.1, 0.15) is 44.4 Å². The van der Waals surface area contributed by atoms with E-state index in [4.69, 9.17) is 5.73 Å². The predicted octanol–water partition coefficient (Wildman–Crippen LogP) is 3.70. The first-order valence-corrected chi connectivity index (χ1v) is 7.32. The van der Waals surface area contributed by atoms with Gasteiger partial charge in [0, 0.05) is 17.0 Å². The standard InChI is InChI=1S/C14H24N2S/c1-5-7-12(15)13(6-2)17-14-9-10(3)8-11(4)16-14/h8-9,12-13H,5-7,15H2,1-4H3. The number of hydrogen-bond donors (Lipinski definition) is 1. The van der Waals surface area contributed by atoms with Gasteiger partial charge >= 0.3 is 0 Å². The highest BCUT2D eigenvalue weighted by Gasteiger charge is 2.17. The van der Waals surface area contributed by atoms with Gasteiger partial charge in [-0.25, -0.2) is 4.98 Å². The largest absolute Gasteiger partial charge is 0.327 e. The Kier molecular flexibility index (Phi) is 6.00. The number of aromatic nitrogens is 1. The van der Waals surface area contributed by atoms with E-state index in [0.29, 0.717) is 5.25 Å². The lowest BCUT2D eigenvalue weighted by atomic mass is 10.1. The van der Waals surface area contributed by atoms with E-state index in [9.17, 15) is 0 Å². The number of rotatable bonds is 6. The summed E-state index contributed by atoms with van der Waals surface area (Å²) in [6, 6.07) is 4.54. The average Bonchev–Trinajstić information content (AvgIpc) is 2.24. The minimum atomic E-state index is 0.276. The summed E-state index contributed by atoms with van der Waals surface area (Å²) < 4.78 is 0. The first kappa shape index (κ1) is 14.5. The van der Waals surface area contributed by atoms with Gasteiger partial charge in [0.2, 0.25) is 0 Å². The molecule has 0 amide bonds. The van der Waals surface area contributed by atoms with E-state index in [1.54, 1.807) is 0 Å². The Morgan fingerprint density at radius 3 is 2.53 bits per heavy atom. The maximum Gasteiger partial charge on any atom is 0.0968 e. The molecule has 3 heteroatoms. The number of thioether (sulfide) groups is 1. The Bertz CT molecular complexity index is 332. The van der Waals surface area contributed by atoms with E-state index in [0.717, 1.165) is 30.0 Å². The predicted molar refractivity (Wildman–Crippen MR) is 76.5 cm³/mol. The second kappa shape index (κ2) is 7.02. The molecule has 0 bridgehead atoms. The van der Waals surface area contributed by atoms with Crippen LogP contribution < -0.4 is 5.73 Å². The lowest BCUT2D eigenvalue weighted by Gasteiger charge is -2.21. The van der Waals surface area contributed by atoms with Crippen molar-refractivity contribution in [1.82, 2.24) is 4.98 Å². The van der Waals surface area contributed by atoms with E-state index < -0.39 is 0 Å². The van der Waals surface area contributed by atoms with Crippen LogP contribution in [0.3, 0.4) is 0 Å². The molecule has 0 aromatic carbocycles. The number of nitrogens with two attached hydrogens (primary N) is 1. The third-order valence-electron chi connectivity index (χ3n) is 2.85. The fraction of sp³-hybridized carbons (Fsp3) is 0.643. The highest BCUT2D eigenvalue weighted by molar-refractivity contribution is 7.99. The number of aryl methyl sites for hydroxylation is 2. The second-order valence-electron chi connectivity index (χ2n) is 4.64. The second-order valence-corrected chi connectivity index (χ2v) is 5.90. The van der Waals surface area contributed by atoms with Gasteiger partial charge in [0.05, 0.1) is 5.03 Å². The molecule has 1 aromatic heterocycles. The molecule has 0 aliphatic heterocycles. The molecule has 0 fully saturated rings. The molecule has 1 rings (SSSR count). The third-order valence-corrected chi connectivity index (χ3v) is 4.28. The molecule has 1 aromatic rings. The van der Waals surface area contributed by atoms with Crippen LogP contribution in [0.4, 0.5) is 0 Å². The number of nitrogens with zero attached hydrogens (tertiary/aromatic N) is 1. The summed E-state index contributed by atoms with van der Waals surface area (Å²) in [5, 5.41) is 1.59. The molecule has 2 nitrogen and oxygen atoms in total. The van der Waals surface area contributed by atoms with Crippen LogP contribution in [0, 0.1) is 13.8 Å². The quantitative estimate of drug-likeness (QED) is 0.785. The zero-order valence-electron chi connectivity index (χ0n) is 11.4. The Morgan fingerprint density at radius 1 is 1.29 bits per heavy atom. The van der Waals surface area contributed by atoms with Crippen molar-refractivity contribution in [3.05, 3.63) is 23.4 Å². The molecule has 2 unspecified atom stereocenters. The van der Waals surface area contributed by atoms with Gasteiger partial charge in [0.15, 0.2) is 0 Å². The van der Waals surface area contributed by atoms with Crippen molar-refractivity contribution in [2.24, 2.45) is 5.73 Å². The maximum absolute atomic E-state index is 6.21. The highest BCUT2D eigenvalue weighted by Crippen LogP contribution is 2.27. The van der Waals surface area contributed by atoms with E-state index in [1.165, 1.54) is 5.56 Å². The fourth-order valence-corrected chi connectivity index (χ4v) is 3.25. The Labute approximate surface area is 109 Å². The monoisotopic (exact) mass is 252 g/mol. The molecule has 0 saturated heterocycles. The van der Waals surface area contributed by atoms with Crippen LogP contribution in [0.25, 0.3) is 0 Å². The zero-order chi connectivity index (χ0) is 12.8. The van der Waals surface area contributed by atoms with Gasteiger partial charge in [-0.15, -0.1) is 11.8 Å². The maximum atomic E-state index is 6.21. The van der Waals surface area contributed by atoms with Gasteiger partial charge in [-0.2, -0.15) is 0 Å². The molecular formula is C14H24N2S. The van der Waals surface area contributed by atoms with Crippen molar-refractivity contribution in [3.63, 3.8) is 0 Å². The zero-order valence-corrected chi connectivity index (χ0v) is 12.2. The van der Waals surface area contributed by atoms with Crippen LogP contribution in [-0.2, 0) is 0 Å². The fourth-order valence-electron chi connectivity index (χ4n) is 2.01. The van der Waals surface area contributed by atoms with Crippen LogP contribution >= 0.6 is 11.8 Å². The van der Waals surface area contributed by atoms with Gasteiger partial charge in [0.25, 0.3) is 0 Å². The topological polar surface area (TPSA) is 38.9 Å². The van der Waals surface area contributed by atoms with E-state index >= 15 is 0 Å². The van der Waals surface area contributed by atoms with Crippen molar-refractivity contribution >= 4 is 11.8 Å². The minimum Gasteiger partial charge on any atom is -0.327 e. The minimum absolute atomic E-state index is 0.276. The summed E-state index contributed by atoms with van der Waals surface area (Å²) in [6.07, 6.45) is 3.34. The van der Waals surface area contributed by atoms with Crippen LogP contribution in [0.5, 0.6) is 0 Å². The lowest BCUT2D eigenvalue weighted by molar-refractivity contribution is 0.566. The van der Waals surface area contributed by atoms with Crippen LogP contribution in [0.2, 0.25) is 0 Å². The molecular weight excluding hydrogens is 228 g/mol. The van der Waals surface area contributed by atoms with E-state index in [2.05, 4.69) is 37.9 Å². The van der Waals surface area contributed by atoms with E-state index in [1.807, 2.05) is 18.7 Å². The van der Waals surface area contributed by atoms with Crippen LogP contribution in [0.15, 0.2) is 17.2 Å². The Morgan fingerprint density at radius 2 is 2.00 bits per heavy atom. The van der Waals surface area contributed by atoms with Crippen molar-refractivity contribution < 1.29 is 0 Å². The first-order chi connectivity index (χ1) is 8.06. The Balaban J connectivity index is 2.73.